The quantitative estimate of drug-likeness (QED) is 0.696. The minimum atomic E-state index is -0.830. The Kier molecular flexibility index (Phi) is 2.52. The van der Waals surface area contributed by atoms with Crippen LogP contribution in [-0.2, 0) is 4.74 Å². The maximum atomic E-state index is 13.5. The number of esters is 1. The maximum absolute atomic E-state index is 13.5. The highest BCUT2D eigenvalue weighted by atomic mass is 19.1. The summed E-state index contributed by atoms with van der Waals surface area (Å²) < 4.78 is 30.9. The first-order valence-corrected chi connectivity index (χ1v) is 4.45. The second-order valence-electron chi connectivity index (χ2n) is 3.13. The average molecular weight is 223 g/mol. The number of hydrogen-bond acceptors (Lipinski definition) is 3. The Hall–Kier alpha value is -2.04. The number of nitrogens with zero attached hydrogens (tertiary/aromatic N) is 1. The van der Waals surface area contributed by atoms with E-state index in [9.17, 15) is 13.6 Å². The second-order valence-corrected chi connectivity index (χ2v) is 3.13. The van der Waals surface area contributed by atoms with Crippen LogP contribution < -0.4 is 0 Å². The molecule has 0 aliphatic heterocycles. The second kappa shape index (κ2) is 3.84. The van der Waals surface area contributed by atoms with Crippen LogP contribution in [0.4, 0.5) is 8.78 Å². The predicted octanol–water partition coefficient (Wildman–Crippen LogP) is 2.30. The Balaban J connectivity index is 2.81. The van der Waals surface area contributed by atoms with Crippen molar-refractivity contribution in [2.45, 2.75) is 0 Å². The highest BCUT2D eigenvalue weighted by molar-refractivity contribution is 6.03. The van der Waals surface area contributed by atoms with Gasteiger partial charge in [0.25, 0.3) is 0 Å². The van der Waals surface area contributed by atoms with Crippen LogP contribution in [-0.4, -0.2) is 18.1 Å². The fraction of sp³-hybridized carbons (Fsp3) is 0.0909. The summed E-state index contributed by atoms with van der Waals surface area (Å²) in [5, 5.41) is -0.0317. The zero-order valence-corrected chi connectivity index (χ0v) is 8.33. The van der Waals surface area contributed by atoms with Crippen molar-refractivity contribution in [2.75, 3.05) is 7.11 Å². The SMILES string of the molecule is COC(=O)c1ccnc2cc(F)cc(F)c12. The molecule has 0 radical (unpaired) electrons. The molecule has 1 heterocycles. The van der Waals surface area contributed by atoms with Gasteiger partial charge in [0.1, 0.15) is 11.6 Å². The molecule has 0 spiro atoms. The van der Waals surface area contributed by atoms with Gasteiger partial charge in [-0.2, -0.15) is 0 Å². The summed E-state index contributed by atoms with van der Waals surface area (Å²) in [6, 6.07) is 3.09. The molecule has 0 aliphatic rings. The van der Waals surface area contributed by atoms with Gasteiger partial charge in [0.2, 0.25) is 0 Å². The number of aromatic nitrogens is 1. The van der Waals surface area contributed by atoms with Crippen LogP contribution in [0, 0.1) is 11.6 Å². The van der Waals surface area contributed by atoms with Gasteiger partial charge in [-0.15, -0.1) is 0 Å². The van der Waals surface area contributed by atoms with Crippen molar-refractivity contribution in [2.24, 2.45) is 0 Å². The van der Waals surface area contributed by atoms with Crippen LogP contribution in [0.5, 0.6) is 0 Å². The minimum Gasteiger partial charge on any atom is -0.465 e. The van der Waals surface area contributed by atoms with Gasteiger partial charge in [-0.3, -0.25) is 4.98 Å². The third kappa shape index (κ3) is 1.60. The average Bonchev–Trinajstić information content (AvgIpc) is 2.26. The van der Waals surface area contributed by atoms with Crippen molar-refractivity contribution in [3.05, 3.63) is 41.6 Å². The number of carbonyl (C=O) groups excluding carboxylic acids is 1. The molecule has 5 heteroatoms. The first kappa shape index (κ1) is 10.5. The number of ether oxygens (including phenoxy) is 1. The van der Waals surface area contributed by atoms with Crippen molar-refractivity contribution in [3.63, 3.8) is 0 Å². The predicted molar refractivity (Wildman–Crippen MR) is 53.0 cm³/mol. The van der Waals surface area contributed by atoms with Crippen molar-refractivity contribution < 1.29 is 18.3 Å². The molecular formula is C11H7F2NO2. The van der Waals surface area contributed by atoms with Gasteiger partial charge in [-0.05, 0) is 6.07 Å². The molecule has 0 amide bonds. The number of methoxy groups -OCH3 is 1. The minimum absolute atomic E-state index is 0.0317. The van der Waals surface area contributed by atoms with Crippen LogP contribution in [0.1, 0.15) is 10.4 Å². The lowest BCUT2D eigenvalue weighted by Gasteiger charge is -2.05. The summed E-state index contributed by atoms with van der Waals surface area (Å²) in [5.41, 5.74) is 0.116. The molecule has 0 unspecified atom stereocenters. The molecule has 0 aliphatic carbocycles. The number of rotatable bonds is 1. The molecule has 0 bridgehead atoms. The lowest BCUT2D eigenvalue weighted by atomic mass is 10.1. The summed E-state index contributed by atoms with van der Waals surface area (Å²) in [6.07, 6.45) is 1.30. The summed E-state index contributed by atoms with van der Waals surface area (Å²) >= 11 is 0. The van der Waals surface area contributed by atoms with E-state index >= 15 is 0 Å². The molecule has 16 heavy (non-hydrogen) atoms. The summed E-state index contributed by atoms with van der Waals surface area (Å²) in [5.74, 6) is -2.25. The van der Waals surface area contributed by atoms with Crippen molar-refractivity contribution in [1.29, 1.82) is 0 Å². The number of benzene rings is 1. The number of carbonyl (C=O) groups is 1. The Morgan fingerprint density at radius 2 is 2.12 bits per heavy atom. The van der Waals surface area contributed by atoms with E-state index in [1.807, 2.05) is 0 Å². The summed E-state index contributed by atoms with van der Waals surface area (Å²) in [6.45, 7) is 0. The normalized spacial score (nSPS) is 10.4. The Morgan fingerprint density at radius 3 is 2.81 bits per heavy atom. The largest absolute Gasteiger partial charge is 0.465 e. The van der Waals surface area contributed by atoms with E-state index in [1.54, 1.807) is 0 Å². The first-order valence-electron chi connectivity index (χ1n) is 4.45. The number of fused-ring (bicyclic) bond motifs is 1. The van der Waals surface area contributed by atoms with Crippen LogP contribution in [0.25, 0.3) is 10.9 Å². The highest BCUT2D eigenvalue weighted by Gasteiger charge is 2.15. The highest BCUT2D eigenvalue weighted by Crippen LogP contribution is 2.22. The van der Waals surface area contributed by atoms with E-state index in [2.05, 4.69) is 9.72 Å². The topological polar surface area (TPSA) is 39.2 Å². The van der Waals surface area contributed by atoms with Crippen LogP contribution in [0.3, 0.4) is 0 Å². The van der Waals surface area contributed by atoms with Gasteiger partial charge in [-0.25, -0.2) is 13.6 Å². The van der Waals surface area contributed by atoms with E-state index in [4.69, 9.17) is 0 Å². The van der Waals surface area contributed by atoms with Gasteiger partial charge < -0.3 is 4.74 Å². The first-order chi connectivity index (χ1) is 7.63. The fourth-order valence-electron chi connectivity index (χ4n) is 1.48. The van der Waals surface area contributed by atoms with E-state index in [0.717, 1.165) is 6.07 Å². The molecule has 0 saturated carbocycles. The number of pyridine rings is 1. The standard InChI is InChI=1S/C11H7F2NO2/c1-16-11(15)7-2-3-14-9-5-6(12)4-8(13)10(7)9/h2-5H,1H3. The van der Waals surface area contributed by atoms with Gasteiger partial charge in [0.05, 0.1) is 23.6 Å². The third-order valence-electron chi connectivity index (χ3n) is 2.16. The van der Waals surface area contributed by atoms with Crippen molar-refractivity contribution in [3.8, 4) is 0 Å². The van der Waals surface area contributed by atoms with Gasteiger partial charge >= 0.3 is 5.97 Å². The van der Waals surface area contributed by atoms with Crippen LogP contribution in [0.15, 0.2) is 24.4 Å². The maximum Gasteiger partial charge on any atom is 0.338 e. The Morgan fingerprint density at radius 1 is 1.38 bits per heavy atom. The van der Waals surface area contributed by atoms with Gasteiger partial charge in [0, 0.05) is 18.3 Å². The molecule has 0 N–H and O–H groups in total. The molecule has 2 aromatic rings. The lowest BCUT2D eigenvalue weighted by molar-refractivity contribution is 0.0602. The van der Waals surface area contributed by atoms with E-state index in [1.165, 1.54) is 19.4 Å². The molecule has 82 valence electrons. The molecule has 2 rings (SSSR count). The number of halogens is 2. The Labute approximate surface area is 89.7 Å². The van der Waals surface area contributed by atoms with Gasteiger partial charge in [0.15, 0.2) is 0 Å². The summed E-state index contributed by atoms with van der Waals surface area (Å²) in [4.78, 5) is 15.1. The smallest absolute Gasteiger partial charge is 0.338 e. The van der Waals surface area contributed by atoms with Crippen molar-refractivity contribution in [1.82, 2.24) is 4.98 Å². The molecule has 0 saturated heterocycles. The third-order valence-corrected chi connectivity index (χ3v) is 2.16. The molecule has 3 nitrogen and oxygen atoms in total. The zero-order chi connectivity index (χ0) is 11.7. The van der Waals surface area contributed by atoms with Crippen molar-refractivity contribution >= 4 is 16.9 Å². The molecular weight excluding hydrogens is 216 g/mol. The fourth-order valence-corrected chi connectivity index (χ4v) is 1.48. The molecule has 0 atom stereocenters. The van der Waals surface area contributed by atoms with Crippen LogP contribution >= 0.6 is 0 Å². The molecule has 1 aromatic heterocycles. The Bertz CT molecular complexity index is 569. The van der Waals surface area contributed by atoms with Gasteiger partial charge in [-0.1, -0.05) is 0 Å². The monoisotopic (exact) mass is 223 g/mol. The number of hydrogen-bond donors (Lipinski definition) is 0. The van der Waals surface area contributed by atoms with E-state index in [-0.39, 0.29) is 16.5 Å². The molecule has 1 aromatic carbocycles. The lowest BCUT2D eigenvalue weighted by Crippen LogP contribution is -2.04. The summed E-state index contributed by atoms with van der Waals surface area (Å²) in [7, 11) is 1.19. The molecule has 0 fully saturated rings. The van der Waals surface area contributed by atoms with E-state index < -0.39 is 17.6 Å². The zero-order valence-electron chi connectivity index (χ0n) is 8.33. The van der Waals surface area contributed by atoms with Crippen LogP contribution in [0.2, 0.25) is 0 Å². The van der Waals surface area contributed by atoms with E-state index in [0.29, 0.717) is 6.07 Å².